The highest BCUT2D eigenvalue weighted by atomic mass is 15.0. The zero-order chi connectivity index (χ0) is 9.54. The summed E-state index contributed by atoms with van der Waals surface area (Å²) >= 11 is 0. The van der Waals surface area contributed by atoms with Crippen LogP contribution in [0.15, 0.2) is 24.4 Å². The van der Waals surface area contributed by atoms with Crippen molar-refractivity contribution in [1.29, 1.82) is 0 Å². The molecule has 3 rings (SSSR count). The molecule has 1 saturated carbocycles. The van der Waals surface area contributed by atoms with E-state index in [2.05, 4.69) is 15.6 Å². The highest BCUT2D eigenvalue weighted by Gasteiger charge is 2.26. The molecule has 2 N–H and O–H groups in total. The molecule has 14 heavy (non-hydrogen) atoms. The summed E-state index contributed by atoms with van der Waals surface area (Å²) in [5.41, 5.74) is 9.05. The molecule has 0 unspecified atom stereocenters. The summed E-state index contributed by atoms with van der Waals surface area (Å²) in [7, 11) is 0. The van der Waals surface area contributed by atoms with Crippen LogP contribution in [0.2, 0.25) is 0 Å². The zero-order valence-electron chi connectivity index (χ0n) is 7.98. The van der Waals surface area contributed by atoms with Crippen LogP contribution in [-0.4, -0.2) is 9.38 Å². The molecule has 2 aromatic rings. The number of aromatic nitrogens is 2. The fourth-order valence-corrected chi connectivity index (χ4v) is 1.83. The van der Waals surface area contributed by atoms with E-state index < -0.39 is 0 Å². The van der Waals surface area contributed by atoms with Gasteiger partial charge in [-0.2, -0.15) is 0 Å². The minimum Gasteiger partial charge on any atom is -0.325 e. The van der Waals surface area contributed by atoms with E-state index in [1.54, 1.807) is 0 Å². The SMILES string of the molecule is NCc1cccc2nc(C3CC3)cn12. The Morgan fingerprint density at radius 1 is 1.43 bits per heavy atom. The molecule has 0 saturated heterocycles. The average Bonchev–Trinajstić information content (AvgIpc) is 2.97. The highest BCUT2D eigenvalue weighted by Crippen LogP contribution is 2.39. The van der Waals surface area contributed by atoms with E-state index in [4.69, 9.17) is 5.73 Å². The lowest BCUT2D eigenvalue weighted by Gasteiger charge is -1.99. The van der Waals surface area contributed by atoms with Gasteiger partial charge in [0.15, 0.2) is 0 Å². The van der Waals surface area contributed by atoms with E-state index in [1.165, 1.54) is 18.5 Å². The van der Waals surface area contributed by atoms with E-state index in [0.717, 1.165) is 11.3 Å². The van der Waals surface area contributed by atoms with Crippen LogP contribution in [0.1, 0.15) is 30.1 Å². The molecule has 0 atom stereocenters. The number of pyridine rings is 1. The summed E-state index contributed by atoms with van der Waals surface area (Å²) in [6.07, 6.45) is 4.72. The summed E-state index contributed by atoms with van der Waals surface area (Å²) < 4.78 is 2.10. The van der Waals surface area contributed by atoms with Crippen LogP contribution in [0, 0.1) is 0 Å². The number of hydrogen-bond acceptors (Lipinski definition) is 2. The molecule has 72 valence electrons. The smallest absolute Gasteiger partial charge is 0.137 e. The first-order valence-electron chi connectivity index (χ1n) is 5.05. The van der Waals surface area contributed by atoms with Crippen molar-refractivity contribution in [3.8, 4) is 0 Å². The Hall–Kier alpha value is -1.35. The molecule has 1 aliphatic carbocycles. The van der Waals surface area contributed by atoms with Gasteiger partial charge in [0, 0.05) is 24.4 Å². The molecule has 0 radical (unpaired) electrons. The van der Waals surface area contributed by atoms with Gasteiger partial charge < -0.3 is 10.1 Å². The topological polar surface area (TPSA) is 43.3 Å². The van der Waals surface area contributed by atoms with Crippen molar-refractivity contribution in [2.45, 2.75) is 25.3 Å². The Kier molecular flexibility index (Phi) is 1.61. The second kappa shape index (κ2) is 2.82. The maximum absolute atomic E-state index is 5.67. The maximum atomic E-state index is 5.67. The first kappa shape index (κ1) is 8.00. The molecule has 3 nitrogen and oxygen atoms in total. The molecule has 2 aromatic heterocycles. The Morgan fingerprint density at radius 3 is 3.00 bits per heavy atom. The Labute approximate surface area is 82.6 Å². The monoisotopic (exact) mass is 187 g/mol. The average molecular weight is 187 g/mol. The van der Waals surface area contributed by atoms with Crippen molar-refractivity contribution < 1.29 is 0 Å². The minimum atomic E-state index is 0.567. The number of hydrogen-bond donors (Lipinski definition) is 1. The number of nitrogens with zero attached hydrogens (tertiary/aromatic N) is 2. The van der Waals surface area contributed by atoms with E-state index >= 15 is 0 Å². The van der Waals surface area contributed by atoms with Crippen molar-refractivity contribution >= 4 is 5.65 Å². The molecule has 0 bridgehead atoms. The van der Waals surface area contributed by atoms with Gasteiger partial charge in [0.25, 0.3) is 0 Å². The van der Waals surface area contributed by atoms with Crippen molar-refractivity contribution in [2.75, 3.05) is 0 Å². The maximum Gasteiger partial charge on any atom is 0.137 e. The Balaban J connectivity index is 2.20. The van der Waals surface area contributed by atoms with Crippen LogP contribution in [-0.2, 0) is 6.54 Å². The molecule has 0 aliphatic heterocycles. The Morgan fingerprint density at radius 2 is 2.29 bits per heavy atom. The predicted molar refractivity (Wildman–Crippen MR) is 55.1 cm³/mol. The minimum absolute atomic E-state index is 0.567. The van der Waals surface area contributed by atoms with Crippen LogP contribution < -0.4 is 5.73 Å². The predicted octanol–water partition coefficient (Wildman–Crippen LogP) is 1.67. The first-order chi connectivity index (χ1) is 6.88. The van der Waals surface area contributed by atoms with Crippen molar-refractivity contribution in [3.63, 3.8) is 0 Å². The third-order valence-electron chi connectivity index (χ3n) is 2.80. The summed E-state index contributed by atoms with van der Waals surface area (Å²) in [5.74, 6) is 0.709. The van der Waals surface area contributed by atoms with Gasteiger partial charge in [-0.1, -0.05) is 6.07 Å². The fraction of sp³-hybridized carbons (Fsp3) is 0.364. The van der Waals surface area contributed by atoms with Gasteiger partial charge >= 0.3 is 0 Å². The second-order valence-electron chi connectivity index (χ2n) is 3.89. The second-order valence-corrected chi connectivity index (χ2v) is 3.89. The lowest BCUT2D eigenvalue weighted by atomic mass is 10.3. The van der Waals surface area contributed by atoms with Crippen LogP contribution >= 0.6 is 0 Å². The molecular formula is C11H13N3. The largest absolute Gasteiger partial charge is 0.325 e. The van der Waals surface area contributed by atoms with Crippen molar-refractivity contribution in [3.05, 3.63) is 35.8 Å². The molecule has 3 heteroatoms. The summed E-state index contributed by atoms with van der Waals surface area (Å²) in [4.78, 5) is 4.59. The number of rotatable bonds is 2. The van der Waals surface area contributed by atoms with Gasteiger partial charge in [0.05, 0.1) is 5.69 Å². The molecule has 2 heterocycles. The van der Waals surface area contributed by atoms with Crippen LogP contribution in [0.3, 0.4) is 0 Å². The van der Waals surface area contributed by atoms with Gasteiger partial charge in [-0.15, -0.1) is 0 Å². The standard InChI is InChI=1S/C11H13N3/c12-6-9-2-1-3-11-13-10(7-14(9)11)8-4-5-8/h1-3,7-8H,4-6,12H2. The van der Waals surface area contributed by atoms with E-state index in [-0.39, 0.29) is 0 Å². The molecule has 0 aromatic carbocycles. The molecular weight excluding hydrogens is 174 g/mol. The van der Waals surface area contributed by atoms with Gasteiger partial charge in [-0.3, -0.25) is 0 Å². The highest BCUT2D eigenvalue weighted by molar-refractivity contribution is 5.43. The zero-order valence-corrected chi connectivity index (χ0v) is 7.98. The van der Waals surface area contributed by atoms with Gasteiger partial charge in [0.2, 0.25) is 0 Å². The Bertz CT molecular complexity index is 468. The van der Waals surface area contributed by atoms with Crippen LogP contribution in [0.5, 0.6) is 0 Å². The summed E-state index contributed by atoms with van der Waals surface area (Å²) in [6, 6.07) is 6.09. The van der Waals surface area contributed by atoms with Crippen molar-refractivity contribution in [1.82, 2.24) is 9.38 Å². The molecule has 1 aliphatic rings. The quantitative estimate of drug-likeness (QED) is 0.777. The summed E-state index contributed by atoms with van der Waals surface area (Å²) in [5, 5.41) is 0. The van der Waals surface area contributed by atoms with E-state index in [1.807, 2.05) is 18.2 Å². The molecule has 0 amide bonds. The van der Waals surface area contributed by atoms with Gasteiger partial charge in [-0.05, 0) is 25.0 Å². The fourth-order valence-electron chi connectivity index (χ4n) is 1.83. The third-order valence-corrected chi connectivity index (χ3v) is 2.80. The normalized spacial score (nSPS) is 16.4. The summed E-state index contributed by atoms with van der Waals surface area (Å²) in [6.45, 7) is 0.567. The lowest BCUT2D eigenvalue weighted by Crippen LogP contribution is -2.02. The van der Waals surface area contributed by atoms with Crippen LogP contribution in [0.25, 0.3) is 5.65 Å². The molecule has 0 spiro atoms. The van der Waals surface area contributed by atoms with Crippen LogP contribution in [0.4, 0.5) is 0 Å². The van der Waals surface area contributed by atoms with Gasteiger partial charge in [0.1, 0.15) is 5.65 Å². The van der Waals surface area contributed by atoms with Crippen molar-refractivity contribution in [2.24, 2.45) is 5.73 Å². The molecule has 1 fully saturated rings. The first-order valence-corrected chi connectivity index (χ1v) is 5.05. The number of imidazole rings is 1. The lowest BCUT2D eigenvalue weighted by molar-refractivity contribution is 0.943. The third kappa shape index (κ3) is 1.13. The van der Waals surface area contributed by atoms with E-state index in [0.29, 0.717) is 12.5 Å². The number of fused-ring (bicyclic) bond motifs is 1. The number of nitrogens with two attached hydrogens (primary N) is 1. The van der Waals surface area contributed by atoms with Gasteiger partial charge in [-0.25, -0.2) is 4.98 Å². The van der Waals surface area contributed by atoms with E-state index in [9.17, 15) is 0 Å².